The number of hydrogen-bond acceptors (Lipinski definition) is 5. The van der Waals surface area contributed by atoms with Crippen LogP contribution in [0.2, 0.25) is 15.1 Å². The van der Waals surface area contributed by atoms with E-state index in [9.17, 15) is 22.4 Å². The standard InChI is InChI=1S/C30H20Cl3F4N3O3/c31-19-5-3-4-17(12-19)16-42-39-11-10-38-28(41)23-9-8-22(20-6-1-2-7-21(20)23)26-15-29(43-40-26,30(35,36)37)18-13-24(32)27(34)25(33)14-18/h1-9,11-14H,10,15-16H2,(H,38,41)/b39-11-. The Kier molecular flexibility index (Phi) is 8.82. The summed E-state index contributed by atoms with van der Waals surface area (Å²) < 4.78 is 57.4. The molecule has 1 unspecified atom stereocenters. The van der Waals surface area contributed by atoms with Crippen LogP contribution >= 0.6 is 34.8 Å². The van der Waals surface area contributed by atoms with Gasteiger partial charge in [-0.05, 0) is 46.7 Å². The molecule has 1 aliphatic heterocycles. The molecule has 0 saturated heterocycles. The highest BCUT2D eigenvalue weighted by molar-refractivity contribution is 6.35. The van der Waals surface area contributed by atoms with E-state index in [1.807, 2.05) is 6.07 Å². The molecule has 6 nitrogen and oxygen atoms in total. The molecule has 43 heavy (non-hydrogen) atoms. The number of benzene rings is 4. The average Bonchev–Trinajstić information content (AvgIpc) is 3.44. The van der Waals surface area contributed by atoms with Gasteiger partial charge in [-0.25, -0.2) is 4.39 Å². The van der Waals surface area contributed by atoms with Crippen molar-refractivity contribution in [1.82, 2.24) is 5.32 Å². The molecule has 222 valence electrons. The number of halogens is 7. The molecule has 0 aliphatic carbocycles. The largest absolute Gasteiger partial charge is 0.435 e. The molecular weight excluding hydrogens is 633 g/mol. The molecule has 1 aliphatic rings. The summed E-state index contributed by atoms with van der Waals surface area (Å²) in [6.45, 7) is 0.253. The first-order valence-corrected chi connectivity index (χ1v) is 13.8. The molecule has 0 aromatic heterocycles. The molecule has 4 aromatic carbocycles. The zero-order valence-electron chi connectivity index (χ0n) is 21.9. The Hall–Kier alpha value is -3.86. The Morgan fingerprint density at radius 2 is 1.74 bits per heavy atom. The minimum absolute atomic E-state index is 0.0268. The second kappa shape index (κ2) is 12.4. The van der Waals surface area contributed by atoms with Gasteiger partial charge in [0.2, 0.25) is 0 Å². The highest BCUT2D eigenvalue weighted by Gasteiger charge is 2.62. The summed E-state index contributed by atoms with van der Waals surface area (Å²) >= 11 is 17.5. The molecule has 0 radical (unpaired) electrons. The average molecular weight is 653 g/mol. The quantitative estimate of drug-likeness (QED) is 0.0899. The highest BCUT2D eigenvalue weighted by atomic mass is 35.5. The van der Waals surface area contributed by atoms with Crippen LogP contribution in [0.4, 0.5) is 17.6 Å². The third-order valence-electron chi connectivity index (χ3n) is 6.74. The smallest absolute Gasteiger partial charge is 0.391 e. The van der Waals surface area contributed by atoms with Crippen LogP contribution < -0.4 is 5.32 Å². The van der Waals surface area contributed by atoms with E-state index in [1.165, 1.54) is 18.3 Å². The fourth-order valence-electron chi connectivity index (χ4n) is 4.65. The van der Waals surface area contributed by atoms with Crippen molar-refractivity contribution in [3.63, 3.8) is 0 Å². The van der Waals surface area contributed by atoms with Crippen molar-refractivity contribution in [2.24, 2.45) is 10.3 Å². The Labute approximate surface area is 257 Å². The number of rotatable bonds is 8. The van der Waals surface area contributed by atoms with Crippen molar-refractivity contribution in [2.45, 2.75) is 24.8 Å². The molecule has 1 amide bonds. The maximum absolute atomic E-state index is 14.5. The lowest BCUT2D eigenvalue weighted by atomic mass is 9.85. The van der Waals surface area contributed by atoms with Gasteiger partial charge < -0.3 is 15.0 Å². The fraction of sp³-hybridized carbons (Fsp3) is 0.167. The second-order valence-corrected chi connectivity index (χ2v) is 10.7. The zero-order chi connectivity index (χ0) is 30.8. The maximum Gasteiger partial charge on any atom is 0.435 e. The summed E-state index contributed by atoms with van der Waals surface area (Å²) in [5.74, 6) is -1.48. The van der Waals surface area contributed by atoms with Crippen molar-refractivity contribution < 1.29 is 32.0 Å². The van der Waals surface area contributed by atoms with E-state index >= 15 is 0 Å². The van der Waals surface area contributed by atoms with E-state index in [-0.39, 0.29) is 24.4 Å². The van der Waals surface area contributed by atoms with Crippen LogP contribution in [0, 0.1) is 5.82 Å². The summed E-state index contributed by atoms with van der Waals surface area (Å²) in [6, 6.07) is 18.5. The second-order valence-electron chi connectivity index (χ2n) is 9.49. The van der Waals surface area contributed by atoms with E-state index in [2.05, 4.69) is 15.6 Å². The van der Waals surface area contributed by atoms with Gasteiger partial charge in [0.1, 0.15) is 6.61 Å². The lowest BCUT2D eigenvalue weighted by Gasteiger charge is -2.29. The Bertz CT molecular complexity index is 1740. The van der Waals surface area contributed by atoms with E-state index in [1.54, 1.807) is 42.5 Å². The lowest BCUT2D eigenvalue weighted by molar-refractivity contribution is -0.275. The molecular formula is C30H20Cl3F4N3O3. The van der Waals surface area contributed by atoms with Gasteiger partial charge in [0.25, 0.3) is 11.5 Å². The number of carbonyl (C=O) groups is 1. The van der Waals surface area contributed by atoms with Crippen molar-refractivity contribution in [2.75, 3.05) is 6.54 Å². The highest BCUT2D eigenvalue weighted by Crippen LogP contribution is 2.50. The number of hydrogen-bond donors (Lipinski definition) is 1. The van der Waals surface area contributed by atoms with Crippen LogP contribution in [0.15, 0.2) is 83.1 Å². The molecule has 13 heteroatoms. The molecule has 0 bridgehead atoms. The van der Waals surface area contributed by atoms with Gasteiger partial charge in [0.05, 0.1) is 28.5 Å². The first-order valence-electron chi connectivity index (χ1n) is 12.7. The van der Waals surface area contributed by atoms with Gasteiger partial charge in [-0.2, -0.15) is 13.2 Å². The molecule has 0 fully saturated rings. The molecule has 5 rings (SSSR count). The predicted molar refractivity (Wildman–Crippen MR) is 157 cm³/mol. The van der Waals surface area contributed by atoms with Crippen LogP contribution in [0.1, 0.15) is 33.5 Å². The number of fused-ring (bicyclic) bond motifs is 1. The fourth-order valence-corrected chi connectivity index (χ4v) is 5.35. The number of alkyl halides is 3. The zero-order valence-corrected chi connectivity index (χ0v) is 24.2. The van der Waals surface area contributed by atoms with E-state index in [4.69, 9.17) is 44.5 Å². The Morgan fingerprint density at radius 1 is 1.02 bits per heavy atom. The third-order valence-corrected chi connectivity index (χ3v) is 7.52. The molecule has 1 N–H and O–H groups in total. The SMILES string of the molecule is O=C(NC/C=N\OCc1cccc(Cl)c1)c1ccc(C2=NOC(c3cc(Cl)c(F)c(Cl)c3)(C(F)(F)F)C2)c2ccccc12. The van der Waals surface area contributed by atoms with Crippen LogP contribution in [0.5, 0.6) is 0 Å². The van der Waals surface area contributed by atoms with Crippen LogP contribution in [-0.2, 0) is 21.9 Å². The summed E-state index contributed by atoms with van der Waals surface area (Å²) in [4.78, 5) is 23.3. The van der Waals surface area contributed by atoms with Gasteiger partial charge in [-0.15, -0.1) is 0 Å². The normalized spacial score (nSPS) is 16.8. The lowest BCUT2D eigenvalue weighted by Crippen LogP contribution is -2.42. The summed E-state index contributed by atoms with van der Waals surface area (Å²) in [5.41, 5.74) is -2.03. The summed E-state index contributed by atoms with van der Waals surface area (Å²) in [6.07, 6.45) is -4.32. The minimum atomic E-state index is -4.96. The topological polar surface area (TPSA) is 72.3 Å². The first-order chi connectivity index (χ1) is 20.5. The van der Waals surface area contributed by atoms with Crippen LogP contribution in [0.25, 0.3) is 10.8 Å². The molecule has 1 heterocycles. The number of oxime groups is 2. The van der Waals surface area contributed by atoms with Gasteiger partial charge in [0.15, 0.2) is 5.82 Å². The molecule has 0 spiro atoms. The van der Waals surface area contributed by atoms with Crippen molar-refractivity contribution in [3.05, 3.63) is 116 Å². The number of carbonyl (C=O) groups excluding carboxylic acids is 1. The molecule has 4 aromatic rings. The van der Waals surface area contributed by atoms with Crippen molar-refractivity contribution in [1.29, 1.82) is 0 Å². The monoisotopic (exact) mass is 651 g/mol. The predicted octanol–water partition coefficient (Wildman–Crippen LogP) is 8.45. The van der Waals surface area contributed by atoms with Crippen LogP contribution in [0.3, 0.4) is 0 Å². The van der Waals surface area contributed by atoms with Crippen molar-refractivity contribution in [3.8, 4) is 0 Å². The molecule has 0 saturated carbocycles. The van der Waals surface area contributed by atoms with Gasteiger partial charge >= 0.3 is 6.18 Å². The van der Waals surface area contributed by atoms with Gasteiger partial charge in [0, 0.05) is 28.1 Å². The van der Waals surface area contributed by atoms with Gasteiger partial charge in [-0.3, -0.25) is 4.79 Å². The Morgan fingerprint density at radius 3 is 2.44 bits per heavy atom. The maximum atomic E-state index is 14.5. The minimum Gasteiger partial charge on any atom is -0.391 e. The number of amides is 1. The molecule has 1 atom stereocenters. The van der Waals surface area contributed by atoms with Crippen molar-refractivity contribution >= 4 is 63.4 Å². The summed E-state index contributed by atoms with van der Waals surface area (Å²) in [5, 5.41) is 10.7. The Balaban J connectivity index is 1.34. The number of nitrogens with one attached hydrogen (secondary N) is 1. The summed E-state index contributed by atoms with van der Waals surface area (Å²) in [7, 11) is 0. The van der Waals surface area contributed by atoms with E-state index in [0.29, 0.717) is 21.4 Å². The van der Waals surface area contributed by atoms with Crippen LogP contribution in [-0.4, -0.2) is 30.6 Å². The third kappa shape index (κ3) is 6.27. The van der Waals surface area contributed by atoms with Gasteiger partial charge in [-0.1, -0.05) is 87.6 Å². The first kappa shape index (κ1) is 30.6. The number of nitrogens with zero attached hydrogens (tertiary/aromatic N) is 2. The van der Waals surface area contributed by atoms with E-state index in [0.717, 1.165) is 17.7 Å². The van der Waals surface area contributed by atoms with E-state index < -0.39 is 45.5 Å².